The first-order chi connectivity index (χ1) is 8.27. The highest BCUT2D eigenvalue weighted by molar-refractivity contribution is 5.84. The lowest BCUT2D eigenvalue weighted by molar-refractivity contribution is -0.129. The first-order valence-electron chi connectivity index (χ1n) is 5.87. The van der Waals surface area contributed by atoms with Crippen molar-refractivity contribution < 1.29 is 9.53 Å². The van der Waals surface area contributed by atoms with E-state index in [2.05, 4.69) is 13.5 Å². The summed E-state index contributed by atoms with van der Waals surface area (Å²) in [5.74, 6) is 0.211. The van der Waals surface area contributed by atoms with Crippen LogP contribution in [-0.2, 0) is 4.79 Å². The van der Waals surface area contributed by atoms with Gasteiger partial charge in [0, 0.05) is 11.6 Å². The van der Waals surface area contributed by atoms with E-state index in [0.717, 1.165) is 24.8 Å². The second-order valence-corrected chi connectivity index (χ2v) is 3.71. The number of benzene rings is 1. The van der Waals surface area contributed by atoms with Crippen LogP contribution in [0, 0.1) is 0 Å². The van der Waals surface area contributed by atoms with E-state index in [9.17, 15) is 4.79 Å². The summed E-state index contributed by atoms with van der Waals surface area (Å²) in [5, 5.41) is 0. The van der Waals surface area contributed by atoms with E-state index in [4.69, 9.17) is 4.74 Å². The zero-order chi connectivity index (χ0) is 12.5. The van der Waals surface area contributed by atoms with Gasteiger partial charge in [-0.3, -0.25) is 0 Å². The Bertz CT molecular complexity index is 405. The normalized spacial score (nSPS) is 10.4. The Morgan fingerprint density at radius 3 is 2.88 bits per heavy atom. The molecule has 0 unspecified atom stereocenters. The van der Waals surface area contributed by atoms with Crippen LogP contribution in [0.2, 0.25) is 0 Å². The molecular formula is C15H18O2. The number of rotatable bonds is 6. The van der Waals surface area contributed by atoms with Crippen molar-refractivity contribution in [3.63, 3.8) is 0 Å². The number of ether oxygens (including phenoxy) is 1. The first kappa shape index (κ1) is 13.2. The Morgan fingerprint density at radius 1 is 1.41 bits per heavy atom. The molecule has 90 valence electrons. The predicted molar refractivity (Wildman–Crippen MR) is 70.8 cm³/mol. The van der Waals surface area contributed by atoms with Crippen LogP contribution in [0.4, 0.5) is 0 Å². The minimum absolute atomic E-state index is 0.338. The lowest BCUT2D eigenvalue weighted by Gasteiger charge is -2.04. The molecule has 1 rings (SSSR count). The molecule has 17 heavy (non-hydrogen) atoms. The summed E-state index contributed by atoms with van der Waals surface area (Å²) < 4.78 is 5.22. The van der Waals surface area contributed by atoms with Crippen molar-refractivity contribution in [1.82, 2.24) is 0 Å². The average Bonchev–Trinajstić information content (AvgIpc) is 2.35. The standard InChI is InChI=1S/C15H18O2/c1-3-5-6-7-12-15(16)17-14-11-9-8-10-13(14)4-2/h4,7-12H,2-3,5-6H2,1H3/b12-7+. The number of unbranched alkanes of at least 4 members (excludes halogenated alkanes) is 2. The maximum atomic E-state index is 11.5. The van der Waals surface area contributed by atoms with Crippen molar-refractivity contribution in [1.29, 1.82) is 0 Å². The maximum Gasteiger partial charge on any atom is 0.335 e. The third-order valence-corrected chi connectivity index (χ3v) is 2.33. The number of esters is 1. The van der Waals surface area contributed by atoms with E-state index >= 15 is 0 Å². The van der Waals surface area contributed by atoms with Gasteiger partial charge in [-0.25, -0.2) is 4.79 Å². The minimum atomic E-state index is -0.338. The van der Waals surface area contributed by atoms with E-state index in [0.29, 0.717) is 5.75 Å². The smallest absolute Gasteiger partial charge is 0.335 e. The molecule has 0 N–H and O–H groups in total. The maximum absolute atomic E-state index is 11.5. The van der Waals surface area contributed by atoms with Gasteiger partial charge in [0.2, 0.25) is 0 Å². The van der Waals surface area contributed by atoms with Crippen LogP contribution in [0.5, 0.6) is 5.75 Å². The molecule has 0 amide bonds. The van der Waals surface area contributed by atoms with E-state index in [1.54, 1.807) is 12.1 Å². The van der Waals surface area contributed by atoms with Gasteiger partial charge in [0.05, 0.1) is 0 Å². The first-order valence-corrected chi connectivity index (χ1v) is 5.87. The average molecular weight is 230 g/mol. The van der Waals surface area contributed by atoms with Crippen molar-refractivity contribution in [3.05, 3.63) is 48.6 Å². The molecule has 2 nitrogen and oxygen atoms in total. The monoisotopic (exact) mass is 230 g/mol. The lowest BCUT2D eigenvalue weighted by Crippen LogP contribution is -2.04. The van der Waals surface area contributed by atoms with E-state index in [-0.39, 0.29) is 5.97 Å². The number of hydrogen-bond acceptors (Lipinski definition) is 2. The van der Waals surface area contributed by atoms with Gasteiger partial charge in [0.25, 0.3) is 0 Å². The van der Waals surface area contributed by atoms with Crippen LogP contribution in [0.15, 0.2) is 43.0 Å². The van der Waals surface area contributed by atoms with E-state index < -0.39 is 0 Å². The molecule has 0 heterocycles. The molecule has 1 aromatic rings. The Balaban J connectivity index is 2.56. The molecular weight excluding hydrogens is 212 g/mol. The van der Waals surface area contributed by atoms with E-state index in [1.807, 2.05) is 24.3 Å². The summed E-state index contributed by atoms with van der Waals surface area (Å²) in [7, 11) is 0. The van der Waals surface area contributed by atoms with Crippen LogP contribution < -0.4 is 4.74 Å². The molecule has 0 saturated carbocycles. The summed E-state index contributed by atoms with van der Waals surface area (Å²) in [6.45, 7) is 5.79. The van der Waals surface area contributed by atoms with Gasteiger partial charge in [0.1, 0.15) is 5.75 Å². The Kier molecular flexibility index (Phi) is 5.80. The fourth-order valence-electron chi connectivity index (χ4n) is 1.39. The van der Waals surface area contributed by atoms with Crippen LogP contribution in [0.1, 0.15) is 31.7 Å². The molecule has 0 aliphatic carbocycles. The highest BCUT2D eigenvalue weighted by Gasteiger charge is 2.03. The van der Waals surface area contributed by atoms with Gasteiger partial charge in [0.15, 0.2) is 0 Å². The number of allylic oxidation sites excluding steroid dienone is 1. The fourth-order valence-corrected chi connectivity index (χ4v) is 1.39. The van der Waals surface area contributed by atoms with Gasteiger partial charge in [-0.05, 0) is 12.5 Å². The SMILES string of the molecule is C=Cc1ccccc1OC(=O)/C=C/CCCC. The number of carbonyl (C=O) groups is 1. The second kappa shape index (κ2) is 7.44. The lowest BCUT2D eigenvalue weighted by atomic mass is 10.2. The molecule has 1 aromatic carbocycles. The molecule has 0 atom stereocenters. The van der Waals surface area contributed by atoms with Gasteiger partial charge >= 0.3 is 5.97 Å². The van der Waals surface area contributed by atoms with Gasteiger partial charge in [-0.1, -0.05) is 56.7 Å². The highest BCUT2D eigenvalue weighted by Crippen LogP contribution is 2.18. The third-order valence-electron chi connectivity index (χ3n) is 2.33. The molecule has 0 saturated heterocycles. The van der Waals surface area contributed by atoms with Crippen LogP contribution >= 0.6 is 0 Å². The van der Waals surface area contributed by atoms with Gasteiger partial charge in [-0.15, -0.1) is 0 Å². The summed E-state index contributed by atoms with van der Waals surface area (Å²) in [6, 6.07) is 7.33. The summed E-state index contributed by atoms with van der Waals surface area (Å²) in [4.78, 5) is 11.5. The number of hydrogen-bond donors (Lipinski definition) is 0. The molecule has 0 fully saturated rings. The van der Waals surface area contributed by atoms with Crippen molar-refractivity contribution >= 4 is 12.0 Å². The third kappa shape index (κ3) is 4.68. The zero-order valence-corrected chi connectivity index (χ0v) is 10.2. The van der Waals surface area contributed by atoms with Gasteiger partial charge < -0.3 is 4.74 Å². The molecule has 0 aliphatic rings. The second-order valence-electron chi connectivity index (χ2n) is 3.71. The van der Waals surface area contributed by atoms with Gasteiger partial charge in [-0.2, -0.15) is 0 Å². The van der Waals surface area contributed by atoms with Crippen LogP contribution in [-0.4, -0.2) is 5.97 Å². The highest BCUT2D eigenvalue weighted by atomic mass is 16.5. The Morgan fingerprint density at radius 2 is 2.18 bits per heavy atom. The fraction of sp³-hybridized carbons (Fsp3) is 0.267. The topological polar surface area (TPSA) is 26.3 Å². The van der Waals surface area contributed by atoms with Crippen LogP contribution in [0.25, 0.3) is 6.08 Å². The summed E-state index contributed by atoms with van der Waals surface area (Å²) >= 11 is 0. The quantitative estimate of drug-likeness (QED) is 0.320. The van der Waals surface area contributed by atoms with E-state index in [1.165, 1.54) is 6.08 Å². The zero-order valence-electron chi connectivity index (χ0n) is 10.2. The molecule has 0 bridgehead atoms. The minimum Gasteiger partial charge on any atom is -0.423 e. The molecule has 0 radical (unpaired) electrons. The molecule has 2 heteroatoms. The number of carbonyl (C=O) groups excluding carboxylic acids is 1. The van der Waals surface area contributed by atoms with Crippen molar-refractivity contribution in [2.75, 3.05) is 0 Å². The largest absolute Gasteiger partial charge is 0.423 e. The molecule has 0 aromatic heterocycles. The van der Waals surface area contributed by atoms with Crippen LogP contribution in [0.3, 0.4) is 0 Å². The van der Waals surface area contributed by atoms with Crippen molar-refractivity contribution in [3.8, 4) is 5.75 Å². The summed E-state index contributed by atoms with van der Waals surface area (Å²) in [5.41, 5.74) is 0.822. The van der Waals surface area contributed by atoms with Crippen molar-refractivity contribution in [2.45, 2.75) is 26.2 Å². The molecule has 0 spiro atoms. The Labute approximate surface area is 103 Å². The summed E-state index contributed by atoms with van der Waals surface area (Å²) in [6.07, 6.45) is 8.13. The predicted octanol–water partition coefficient (Wildman–Crippen LogP) is 3.98. The Hall–Kier alpha value is -1.83. The molecule has 0 aliphatic heterocycles. The van der Waals surface area contributed by atoms with Crippen molar-refractivity contribution in [2.24, 2.45) is 0 Å². The number of para-hydroxylation sites is 1.